The minimum atomic E-state index is 1.01. The van der Waals surface area contributed by atoms with Crippen molar-refractivity contribution in [1.29, 1.82) is 0 Å². The Kier molecular flexibility index (Phi) is 4.88. The fraction of sp³-hybridized carbons (Fsp3) is 0.308. The quantitative estimate of drug-likeness (QED) is 0.401. The van der Waals surface area contributed by atoms with Gasteiger partial charge in [0.25, 0.3) is 0 Å². The normalized spacial score (nSPS) is 12.3. The summed E-state index contributed by atoms with van der Waals surface area (Å²) in [5, 5.41) is 0. The Morgan fingerprint density at radius 2 is 1.56 bits per heavy atom. The molecular formula is C26H29N. The Hall–Kier alpha value is -2.38. The minimum absolute atomic E-state index is 1.01. The van der Waals surface area contributed by atoms with E-state index in [4.69, 9.17) is 0 Å². The number of nitrogens with zero attached hydrogens (tertiary/aromatic N) is 1. The van der Waals surface area contributed by atoms with E-state index in [1.165, 1.54) is 50.1 Å². The summed E-state index contributed by atoms with van der Waals surface area (Å²) in [7, 11) is 0. The van der Waals surface area contributed by atoms with E-state index in [2.05, 4.69) is 87.2 Å². The third-order valence-corrected chi connectivity index (χ3v) is 6.01. The van der Waals surface area contributed by atoms with E-state index >= 15 is 0 Å². The van der Waals surface area contributed by atoms with E-state index in [9.17, 15) is 0 Å². The largest absolute Gasteiger partial charge is 0.300 e. The summed E-state index contributed by atoms with van der Waals surface area (Å²) in [5.74, 6) is 0. The van der Waals surface area contributed by atoms with Crippen LogP contribution in [0.5, 0.6) is 0 Å². The average Bonchev–Trinajstić information content (AvgIpc) is 3.06. The molecular weight excluding hydrogens is 326 g/mol. The van der Waals surface area contributed by atoms with Gasteiger partial charge in [0.1, 0.15) is 0 Å². The van der Waals surface area contributed by atoms with Gasteiger partial charge in [0.15, 0.2) is 0 Å². The first-order valence-electron chi connectivity index (χ1n) is 10.1. The highest BCUT2D eigenvalue weighted by Crippen LogP contribution is 2.44. The zero-order valence-electron chi connectivity index (χ0n) is 17.0. The van der Waals surface area contributed by atoms with Crippen LogP contribution in [0.4, 0.5) is 0 Å². The van der Waals surface area contributed by atoms with Crippen molar-refractivity contribution in [2.24, 2.45) is 0 Å². The summed E-state index contributed by atoms with van der Waals surface area (Å²) in [6.07, 6.45) is 1.04. The van der Waals surface area contributed by atoms with Crippen LogP contribution in [-0.2, 0) is 13.0 Å². The SMILES string of the molecule is CCN(CC)Cc1ccccc1-c1ccc(C)c2c1Cc1cc(C)ccc1-2. The Bertz CT molecular complexity index is 979. The molecule has 1 nitrogen and oxygen atoms in total. The second-order valence-corrected chi connectivity index (χ2v) is 7.74. The van der Waals surface area contributed by atoms with E-state index in [1.54, 1.807) is 0 Å². The van der Waals surface area contributed by atoms with Crippen molar-refractivity contribution in [1.82, 2.24) is 4.90 Å². The summed E-state index contributed by atoms with van der Waals surface area (Å²) in [4.78, 5) is 2.49. The van der Waals surface area contributed by atoms with Gasteiger partial charge in [0, 0.05) is 6.54 Å². The standard InChI is InChI=1S/C26H29N/c1-5-27(6-2)17-20-9-7-8-10-22(20)24-14-12-19(4)26-23-13-11-18(3)15-21(23)16-25(24)26/h7-15H,5-6,16-17H2,1-4H3. The van der Waals surface area contributed by atoms with E-state index in [0.29, 0.717) is 0 Å². The molecule has 0 bridgehead atoms. The van der Waals surface area contributed by atoms with Gasteiger partial charge >= 0.3 is 0 Å². The van der Waals surface area contributed by atoms with Gasteiger partial charge in [-0.25, -0.2) is 0 Å². The van der Waals surface area contributed by atoms with Crippen molar-refractivity contribution >= 4 is 0 Å². The molecule has 0 heterocycles. The van der Waals surface area contributed by atoms with Crippen molar-refractivity contribution in [2.75, 3.05) is 13.1 Å². The van der Waals surface area contributed by atoms with Crippen molar-refractivity contribution in [3.63, 3.8) is 0 Å². The highest BCUT2D eigenvalue weighted by atomic mass is 15.1. The summed E-state index contributed by atoms with van der Waals surface area (Å²) >= 11 is 0. The third-order valence-electron chi connectivity index (χ3n) is 6.01. The lowest BCUT2D eigenvalue weighted by atomic mass is 9.90. The van der Waals surface area contributed by atoms with Gasteiger partial charge in [-0.2, -0.15) is 0 Å². The Labute approximate surface area is 163 Å². The summed E-state index contributed by atoms with van der Waals surface area (Å²) in [5.41, 5.74) is 12.8. The number of rotatable bonds is 5. The van der Waals surface area contributed by atoms with Crippen LogP contribution in [0, 0.1) is 13.8 Å². The fourth-order valence-electron chi connectivity index (χ4n) is 4.49. The highest BCUT2D eigenvalue weighted by molar-refractivity contribution is 5.87. The van der Waals surface area contributed by atoms with E-state index in [0.717, 1.165) is 26.1 Å². The molecule has 1 aliphatic carbocycles. The topological polar surface area (TPSA) is 3.24 Å². The molecule has 0 radical (unpaired) electrons. The third kappa shape index (κ3) is 3.21. The number of benzene rings is 3. The molecule has 1 aliphatic rings. The second-order valence-electron chi connectivity index (χ2n) is 7.74. The van der Waals surface area contributed by atoms with Gasteiger partial charge in [-0.1, -0.05) is 74.0 Å². The van der Waals surface area contributed by atoms with Crippen molar-refractivity contribution in [3.05, 3.63) is 82.4 Å². The second kappa shape index (κ2) is 7.32. The summed E-state index contributed by atoms with van der Waals surface area (Å²) < 4.78 is 0. The van der Waals surface area contributed by atoms with Crippen LogP contribution >= 0.6 is 0 Å². The van der Waals surface area contributed by atoms with E-state index in [-0.39, 0.29) is 0 Å². The average molecular weight is 356 g/mol. The zero-order chi connectivity index (χ0) is 19.0. The molecule has 0 aliphatic heterocycles. The van der Waals surface area contributed by atoms with Crippen LogP contribution in [-0.4, -0.2) is 18.0 Å². The van der Waals surface area contributed by atoms with Crippen LogP contribution in [0.15, 0.2) is 54.6 Å². The van der Waals surface area contributed by atoms with Crippen molar-refractivity contribution < 1.29 is 0 Å². The molecule has 0 amide bonds. The van der Waals surface area contributed by atoms with Gasteiger partial charge in [-0.05, 0) is 77.9 Å². The van der Waals surface area contributed by atoms with Crippen LogP contribution in [0.2, 0.25) is 0 Å². The molecule has 27 heavy (non-hydrogen) atoms. The maximum atomic E-state index is 2.49. The monoisotopic (exact) mass is 355 g/mol. The first-order valence-corrected chi connectivity index (χ1v) is 10.1. The van der Waals surface area contributed by atoms with Gasteiger partial charge in [-0.15, -0.1) is 0 Å². The summed E-state index contributed by atoms with van der Waals surface area (Å²) in [6, 6.07) is 20.5. The van der Waals surface area contributed by atoms with Crippen molar-refractivity contribution in [3.8, 4) is 22.3 Å². The predicted octanol–water partition coefficient (Wildman–Crippen LogP) is 6.38. The number of hydrogen-bond acceptors (Lipinski definition) is 1. The fourth-order valence-corrected chi connectivity index (χ4v) is 4.49. The lowest BCUT2D eigenvalue weighted by molar-refractivity contribution is 0.296. The Morgan fingerprint density at radius 3 is 2.33 bits per heavy atom. The molecule has 0 atom stereocenters. The van der Waals surface area contributed by atoms with Gasteiger partial charge in [0.2, 0.25) is 0 Å². The lowest BCUT2D eigenvalue weighted by Gasteiger charge is -2.21. The lowest BCUT2D eigenvalue weighted by Crippen LogP contribution is -2.22. The summed E-state index contributed by atoms with van der Waals surface area (Å²) in [6.45, 7) is 12.1. The molecule has 0 aromatic heterocycles. The molecule has 0 spiro atoms. The number of aryl methyl sites for hydroxylation is 2. The molecule has 3 aromatic rings. The number of fused-ring (bicyclic) bond motifs is 3. The highest BCUT2D eigenvalue weighted by Gasteiger charge is 2.24. The molecule has 0 saturated heterocycles. The van der Waals surface area contributed by atoms with Crippen LogP contribution in [0.25, 0.3) is 22.3 Å². The van der Waals surface area contributed by atoms with Gasteiger partial charge in [-0.3, -0.25) is 4.90 Å². The first-order chi connectivity index (χ1) is 13.1. The Balaban J connectivity index is 1.85. The molecule has 0 N–H and O–H groups in total. The molecule has 0 saturated carbocycles. The molecule has 0 fully saturated rings. The van der Waals surface area contributed by atoms with E-state index in [1.807, 2.05) is 0 Å². The van der Waals surface area contributed by atoms with Crippen LogP contribution < -0.4 is 0 Å². The van der Waals surface area contributed by atoms with Crippen molar-refractivity contribution in [2.45, 2.75) is 40.7 Å². The van der Waals surface area contributed by atoms with Gasteiger partial charge in [0.05, 0.1) is 0 Å². The first kappa shape index (κ1) is 18.0. The Morgan fingerprint density at radius 1 is 0.815 bits per heavy atom. The van der Waals surface area contributed by atoms with Crippen LogP contribution in [0.1, 0.15) is 41.7 Å². The minimum Gasteiger partial charge on any atom is -0.300 e. The molecule has 1 heteroatoms. The van der Waals surface area contributed by atoms with Gasteiger partial charge < -0.3 is 0 Å². The molecule has 0 unspecified atom stereocenters. The molecule has 3 aromatic carbocycles. The molecule has 138 valence electrons. The van der Waals surface area contributed by atoms with Crippen LogP contribution in [0.3, 0.4) is 0 Å². The van der Waals surface area contributed by atoms with E-state index < -0.39 is 0 Å². The predicted molar refractivity (Wildman–Crippen MR) is 116 cm³/mol. The maximum Gasteiger partial charge on any atom is 0.0239 e. The zero-order valence-corrected chi connectivity index (χ0v) is 17.0. The smallest absolute Gasteiger partial charge is 0.0239 e. The maximum absolute atomic E-state index is 2.49. The molecule has 4 rings (SSSR count). The number of hydrogen-bond donors (Lipinski definition) is 0.